The van der Waals surface area contributed by atoms with Crippen LogP contribution in [0.5, 0.6) is 17.2 Å². The number of methoxy groups -OCH3 is 3. The van der Waals surface area contributed by atoms with Gasteiger partial charge in [0, 0.05) is 23.7 Å². The van der Waals surface area contributed by atoms with Gasteiger partial charge in [-0.2, -0.15) is 5.10 Å². The largest absolute Gasteiger partial charge is 0.496 e. The maximum atomic E-state index is 11.8. The maximum Gasteiger partial charge on any atom is 0.268 e. The van der Waals surface area contributed by atoms with E-state index in [2.05, 4.69) is 10.2 Å². The molecule has 7 heteroatoms. The number of ether oxygens (including phenoxy) is 3. The number of hydrogen-bond acceptors (Lipinski definition) is 6. The van der Waals surface area contributed by atoms with Crippen LogP contribution in [0.3, 0.4) is 0 Å². The molecule has 0 fully saturated rings. The second kappa shape index (κ2) is 6.48. The van der Waals surface area contributed by atoms with E-state index in [0.29, 0.717) is 34.1 Å². The molecule has 1 unspecified atom stereocenters. The van der Waals surface area contributed by atoms with Crippen LogP contribution in [-0.4, -0.2) is 31.5 Å². The number of rotatable bonds is 5. The van der Waals surface area contributed by atoms with Gasteiger partial charge in [-0.1, -0.05) is 0 Å². The molecular weight excluding hydrogens is 286 g/mol. The molecule has 2 aromatic rings. The Morgan fingerprint density at radius 2 is 1.68 bits per heavy atom. The van der Waals surface area contributed by atoms with E-state index in [1.807, 2.05) is 0 Å². The normalized spacial score (nSPS) is 11.9. The van der Waals surface area contributed by atoms with Crippen LogP contribution in [0.15, 0.2) is 23.0 Å². The SMILES string of the molecule is COc1cc(OC)c(-c2cc(C(C)N)c(=O)[nH]n2)c(OC)c1. The fourth-order valence-corrected chi connectivity index (χ4v) is 2.15. The smallest absolute Gasteiger partial charge is 0.268 e. The first-order valence-electron chi connectivity index (χ1n) is 6.67. The Kier molecular flexibility index (Phi) is 4.67. The van der Waals surface area contributed by atoms with Crippen molar-refractivity contribution in [3.8, 4) is 28.5 Å². The summed E-state index contributed by atoms with van der Waals surface area (Å²) in [5.41, 5.74) is 7.06. The number of H-pyrrole nitrogens is 1. The van der Waals surface area contributed by atoms with E-state index in [1.54, 1.807) is 32.2 Å². The Hall–Kier alpha value is -2.54. The first-order valence-corrected chi connectivity index (χ1v) is 6.67. The number of benzene rings is 1. The topological polar surface area (TPSA) is 99.5 Å². The van der Waals surface area contributed by atoms with Gasteiger partial charge in [-0.15, -0.1) is 0 Å². The summed E-state index contributed by atoms with van der Waals surface area (Å²) in [4.78, 5) is 11.8. The molecule has 2 rings (SSSR count). The zero-order valence-corrected chi connectivity index (χ0v) is 13.0. The van der Waals surface area contributed by atoms with Gasteiger partial charge in [0.2, 0.25) is 0 Å². The highest BCUT2D eigenvalue weighted by atomic mass is 16.5. The Balaban J connectivity index is 2.71. The molecule has 118 valence electrons. The van der Waals surface area contributed by atoms with Crippen molar-refractivity contribution in [2.24, 2.45) is 5.73 Å². The third-order valence-corrected chi connectivity index (χ3v) is 3.29. The van der Waals surface area contributed by atoms with Gasteiger partial charge in [0.25, 0.3) is 5.56 Å². The van der Waals surface area contributed by atoms with Crippen molar-refractivity contribution < 1.29 is 14.2 Å². The minimum Gasteiger partial charge on any atom is -0.496 e. The zero-order valence-electron chi connectivity index (χ0n) is 13.0. The Labute approximate surface area is 128 Å². The minimum absolute atomic E-state index is 0.315. The van der Waals surface area contributed by atoms with Crippen LogP contribution < -0.4 is 25.5 Å². The third-order valence-electron chi connectivity index (χ3n) is 3.29. The van der Waals surface area contributed by atoms with Crippen molar-refractivity contribution >= 4 is 0 Å². The van der Waals surface area contributed by atoms with Crippen molar-refractivity contribution in [2.45, 2.75) is 13.0 Å². The number of nitrogens with one attached hydrogen (secondary N) is 1. The molecular formula is C15H19N3O4. The molecule has 0 saturated heterocycles. The van der Waals surface area contributed by atoms with Crippen LogP contribution in [0, 0.1) is 0 Å². The van der Waals surface area contributed by atoms with Crippen molar-refractivity contribution in [2.75, 3.05) is 21.3 Å². The van der Waals surface area contributed by atoms with Crippen LogP contribution in [0.25, 0.3) is 11.3 Å². The molecule has 0 amide bonds. The summed E-state index contributed by atoms with van der Waals surface area (Å²) < 4.78 is 16.0. The molecule has 1 aromatic carbocycles. The Morgan fingerprint density at radius 3 is 2.14 bits per heavy atom. The minimum atomic E-state index is -0.416. The maximum absolute atomic E-state index is 11.8. The van der Waals surface area contributed by atoms with Crippen LogP contribution >= 0.6 is 0 Å². The van der Waals surface area contributed by atoms with Gasteiger partial charge in [0.05, 0.1) is 32.6 Å². The first-order chi connectivity index (χ1) is 10.5. The van der Waals surface area contributed by atoms with E-state index in [1.165, 1.54) is 14.2 Å². The number of nitrogens with zero attached hydrogens (tertiary/aromatic N) is 1. The fourth-order valence-electron chi connectivity index (χ4n) is 2.15. The number of nitrogens with two attached hydrogens (primary N) is 1. The van der Waals surface area contributed by atoms with Gasteiger partial charge in [-0.05, 0) is 13.0 Å². The lowest BCUT2D eigenvalue weighted by Crippen LogP contribution is -2.21. The highest BCUT2D eigenvalue weighted by Gasteiger charge is 2.18. The molecule has 0 aliphatic carbocycles. The van der Waals surface area contributed by atoms with Crippen LogP contribution in [0.1, 0.15) is 18.5 Å². The molecule has 1 atom stereocenters. The molecule has 0 spiro atoms. The molecule has 7 nitrogen and oxygen atoms in total. The summed E-state index contributed by atoms with van der Waals surface area (Å²) in [6.45, 7) is 1.73. The summed E-state index contributed by atoms with van der Waals surface area (Å²) in [5, 5.41) is 6.52. The van der Waals surface area contributed by atoms with Gasteiger partial charge in [-0.3, -0.25) is 4.79 Å². The molecule has 1 heterocycles. The highest BCUT2D eigenvalue weighted by Crippen LogP contribution is 2.40. The number of hydrogen-bond donors (Lipinski definition) is 2. The monoisotopic (exact) mass is 305 g/mol. The lowest BCUT2D eigenvalue weighted by molar-refractivity contribution is 0.377. The van der Waals surface area contributed by atoms with E-state index < -0.39 is 6.04 Å². The molecule has 22 heavy (non-hydrogen) atoms. The van der Waals surface area contributed by atoms with Crippen molar-refractivity contribution in [1.29, 1.82) is 0 Å². The Morgan fingerprint density at radius 1 is 1.09 bits per heavy atom. The predicted octanol–water partition coefficient (Wildman–Crippen LogP) is 1.48. The molecule has 1 aromatic heterocycles. The highest BCUT2D eigenvalue weighted by molar-refractivity contribution is 5.76. The lowest BCUT2D eigenvalue weighted by Gasteiger charge is -2.15. The van der Waals surface area contributed by atoms with Crippen molar-refractivity contribution in [3.63, 3.8) is 0 Å². The van der Waals surface area contributed by atoms with E-state index >= 15 is 0 Å². The number of aromatic amines is 1. The summed E-state index contributed by atoms with van der Waals surface area (Å²) >= 11 is 0. The molecule has 0 saturated carbocycles. The second-order valence-electron chi connectivity index (χ2n) is 4.73. The summed E-state index contributed by atoms with van der Waals surface area (Å²) in [5.74, 6) is 1.63. The van der Waals surface area contributed by atoms with Gasteiger partial charge in [0.15, 0.2) is 0 Å². The third kappa shape index (κ3) is 2.89. The Bertz CT molecular complexity index is 700. The van der Waals surface area contributed by atoms with Crippen molar-refractivity contribution in [1.82, 2.24) is 10.2 Å². The predicted molar refractivity (Wildman–Crippen MR) is 82.6 cm³/mol. The van der Waals surface area contributed by atoms with E-state index in [4.69, 9.17) is 19.9 Å². The molecule has 0 aliphatic heterocycles. The average molecular weight is 305 g/mol. The summed E-state index contributed by atoms with van der Waals surface area (Å²) in [7, 11) is 4.63. The summed E-state index contributed by atoms with van der Waals surface area (Å²) in [6.07, 6.45) is 0. The van der Waals surface area contributed by atoms with Gasteiger partial charge in [0.1, 0.15) is 17.2 Å². The quantitative estimate of drug-likeness (QED) is 0.868. The van der Waals surface area contributed by atoms with E-state index in [-0.39, 0.29) is 5.56 Å². The molecule has 3 N–H and O–H groups in total. The first kappa shape index (κ1) is 15.8. The van der Waals surface area contributed by atoms with Gasteiger partial charge < -0.3 is 19.9 Å². The molecule has 0 bridgehead atoms. The van der Waals surface area contributed by atoms with Crippen LogP contribution in [-0.2, 0) is 0 Å². The van der Waals surface area contributed by atoms with Gasteiger partial charge >= 0.3 is 0 Å². The van der Waals surface area contributed by atoms with Crippen LogP contribution in [0.4, 0.5) is 0 Å². The number of aromatic nitrogens is 2. The standard InChI is InChI=1S/C15H19N3O4/c1-8(16)10-7-11(17-18-15(10)19)14-12(21-3)5-9(20-2)6-13(14)22-4/h5-8H,16H2,1-4H3,(H,18,19). The van der Waals surface area contributed by atoms with E-state index in [0.717, 1.165) is 0 Å². The fraction of sp³-hybridized carbons (Fsp3) is 0.333. The average Bonchev–Trinajstić information content (AvgIpc) is 2.53. The van der Waals surface area contributed by atoms with Crippen LogP contribution in [0.2, 0.25) is 0 Å². The van der Waals surface area contributed by atoms with Gasteiger partial charge in [-0.25, -0.2) is 5.10 Å². The molecule has 0 radical (unpaired) electrons. The van der Waals surface area contributed by atoms with Crippen molar-refractivity contribution in [3.05, 3.63) is 34.1 Å². The second-order valence-corrected chi connectivity index (χ2v) is 4.73. The lowest BCUT2D eigenvalue weighted by atomic mass is 10.0. The molecule has 0 aliphatic rings. The zero-order chi connectivity index (χ0) is 16.3. The summed E-state index contributed by atoms with van der Waals surface area (Å²) in [6, 6.07) is 4.66. The van der Waals surface area contributed by atoms with E-state index in [9.17, 15) is 4.79 Å².